The number of fused-ring (bicyclic) bond motifs is 1. The third-order valence-corrected chi connectivity index (χ3v) is 11.9. The fraction of sp³-hybridized carbons (Fsp3) is 0.0312. The Labute approximate surface area is 353 Å². The molecule has 0 radical (unpaired) electrons. The zero-order valence-electron chi connectivity index (χ0n) is 29.9. The van der Waals surface area contributed by atoms with Crippen LogP contribution in [0, 0.1) is 6.92 Å². The molecule has 0 amide bonds. The van der Waals surface area contributed by atoms with E-state index in [1.54, 1.807) is 0 Å². The number of halogens is 2. The van der Waals surface area contributed by atoms with Gasteiger partial charge in [-0.05, 0) is 108 Å². The molecule has 0 spiro atoms. The molecule has 0 fully saturated rings. The first kappa shape index (κ1) is 44.5. The highest BCUT2D eigenvalue weighted by molar-refractivity contribution is 7.86. The first-order valence-electron chi connectivity index (χ1n) is 16.0. The molecule has 0 atom stereocenters. The van der Waals surface area contributed by atoms with Crippen molar-refractivity contribution < 1.29 is 62.1 Å². The van der Waals surface area contributed by atoms with Crippen molar-refractivity contribution in [2.75, 3.05) is 10.6 Å². The molecule has 6 rings (SSSR count). The average Bonchev–Trinajstić information content (AvgIpc) is 3.13. The average molecular weight is 957 g/mol. The number of rotatable bonds is 12. The van der Waals surface area contributed by atoms with Gasteiger partial charge in [0, 0.05) is 22.8 Å². The molecule has 0 bridgehead atoms. The molecule has 8 N–H and O–H groups in total. The van der Waals surface area contributed by atoms with Gasteiger partial charge in [-0.3, -0.25) is 18.2 Å². The van der Waals surface area contributed by atoms with Crippen LogP contribution in [0.25, 0.3) is 10.8 Å². The van der Waals surface area contributed by atoms with Crippen LogP contribution in [-0.2, 0) is 40.5 Å². The summed E-state index contributed by atoms with van der Waals surface area (Å²) in [5.74, 6) is -1.70. The Kier molecular flexibility index (Phi) is 12.0. The van der Waals surface area contributed by atoms with Crippen molar-refractivity contribution in [2.45, 2.75) is 26.5 Å². The van der Waals surface area contributed by atoms with E-state index in [4.69, 9.17) is 23.2 Å². The van der Waals surface area contributed by atoms with Crippen molar-refractivity contribution in [3.8, 4) is 11.5 Å². The topological polar surface area (TPSA) is 370 Å². The lowest BCUT2D eigenvalue weighted by Gasteiger charge is -2.14. The van der Waals surface area contributed by atoms with E-state index in [2.05, 4.69) is 46.0 Å². The Morgan fingerprint density at radius 2 is 1.15 bits per heavy atom. The predicted molar refractivity (Wildman–Crippen MR) is 215 cm³/mol. The second-order valence-electron chi connectivity index (χ2n) is 12.2. The lowest BCUT2D eigenvalue weighted by Crippen LogP contribution is -2.07. The smallest absolute Gasteiger partial charge is 0.296 e. The highest BCUT2D eigenvalue weighted by Gasteiger charge is 2.24. The number of nitrogens with one attached hydrogen (secondary N) is 2. The highest BCUT2D eigenvalue weighted by atomic mass is 35.5. The summed E-state index contributed by atoms with van der Waals surface area (Å²) in [5, 5.41) is 41.7. The third kappa shape index (κ3) is 10.3. The molecule has 0 aliphatic heterocycles. The molecule has 0 saturated carbocycles. The van der Waals surface area contributed by atoms with Crippen LogP contribution in [0.1, 0.15) is 5.56 Å². The number of phenolic OH excluding ortho intramolecular Hbond substituents is 2. The van der Waals surface area contributed by atoms with Crippen molar-refractivity contribution in [3.05, 3.63) is 88.9 Å². The van der Waals surface area contributed by atoms with Crippen molar-refractivity contribution in [1.82, 2.24) is 15.0 Å². The van der Waals surface area contributed by atoms with E-state index < -0.39 is 82.9 Å². The third-order valence-electron chi connectivity index (χ3n) is 8.03. The molecule has 29 heteroatoms. The van der Waals surface area contributed by atoms with Gasteiger partial charge in [-0.2, -0.15) is 53.7 Å². The van der Waals surface area contributed by atoms with Gasteiger partial charge in [-0.25, -0.2) is 0 Å². The normalized spacial score (nSPS) is 12.7. The van der Waals surface area contributed by atoms with Gasteiger partial charge in [-0.15, -0.1) is 15.3 Å². The first-order valence-corrected chi connectivity index (χ1v) is 22.6. The molecule has 1 heterocycles. The summed E-state index contributed by atoms with van der Waals surface area (Å²) in [4.78, 5) is 7.95. The Balaban J connectivity index is 1.32. The zero-order chi connectivity index (χ0) is 44.8. The van der Waals surface area contributed by atoms with Crippen LogP contribution >= 0.6 is 23.2 Å². The van der Waals surface area contributed by atoms with Gasteiger partial charge in [0.25, 0.3) is 40.5 Å². The maximum atomic E-state index is 12.5. The maximum Gasteiger partial charge on any atom is 0.296 e. The maximum absolute atomic E-state index is 12.5. The van der Waals surface area contributed by atoms with Crippen molar-refractivity contribution in [3.63, 3.8) is 0 Å². The van der Waals surface area contributed by atoms with E-state index in [0.717, 1.165) is 24.3 Å². The first-order chi connectivity index (χ1) is 28.3. The number of phenols is 2. The number of nitrogens with zero attached hydrogens (tertiary/aromatic N) is 7. The molecule has 61 heavy (non-hydrogen) atoms. The van der Waals surface area contributed by atoms with Crippen LogP contribution in [0.2, 0.25) is 10.6 Å². The van der Waals surface area contributed by atoms with Crippen LogP contribution in [-0.4, -0.2) is 77.0 Å². The second-order valence-corrected chi connectivity index (χ2v) is 18.5. The fourth-order valence-electron chi connectivity index (χ4n) is 5.33. The molecule has 0 unspecified atom stereocenters. The number of aryl methyl sites for hydroxylation is 1. The molecule has 6 aromatic rings. The molecule has 5 aromatic carbocycles. The quantitative estimate of drug-likeness (QED) is 0.0438. The van der Waals surface area contributed by atoms with E-state index in [1.165, 1.54) is 37.3 Å². The molecule has 23 nitrogen and oxygen atoms in total. The van der Waals surface area contributed by atoms with Gasteiger partial charge in [0.2, 0.25) is 16.5 Å². The van der Waals surface area contributed by atoms with Crippen molar-refractivity contribution in [1.29, 1.82) is 0 Å². The Hall–Kier alpha value is -6.01. The number of azo groups is 2. The van der Waals surface area contributed by atoms with Crippen LogP contribution in [0.3, 0.4) is 0 Å². The van der Waals surface area contributed by atoms with E-state index in [0.29, 0.717) is 18.2 Å². The summed E-state index contributed by atoms with van der Waals surface area (Å²) in [6, 6.07) is 12.7. The largest absolute Gasteiger partial charge is 0.506 e. The van der Waals surface area contributed by atoms with Crippen LogP contribution in [0.15, 0.2) is 113 Å². The Morgan fingerprint density at radius 1 is 0.557 bits per heavy atom. The summed E-state index contributed by atoms with van der Waals surface area (Å²) >= 11 is 11.6. The minimum atomic E-state index is -5.14. The van der Waals surface area contributed by atoms with Gasteiger partial charge >= 0.3 is 0 Å². The van der Waals surface area contributed by atoms with E-state index in [1.807, 2.05) is 0 Å². The van der Waals surface area contributed by atoms with Gasteiger partial charge < -0.3 is 20.8 Å². The van der Waals surface area contributed by atoms with Crippen molar-refractivity contribution in [2.24, 2.45) is 20.5 Å². The molecule has 0 aliphatic rings. The molecule has 1 aromatic heterocycles. The minimum Gasteiger partial charge on any atom is -0.506 e. The van der Waals surface area contributed by atoms with Gasteiger partial charge in [0.05, 0.1) is 16.3 Å². The van der Waals surface area contributed by atoms with Gasteiger partial charge in [-0.1, -0.05) is 0 Å². The number of aromatic nitrogens is 3. The summed E-state index contributed by atoms with van der Waals surface area (Å²) in [6.45, 7) is 1.41. The SMILES string of the molecule is Cc1cc(/N=N/c2c(S(=O)(=O)O)cc3cc(Nc4ccc(Nc5nc(Cl)nc(Cl)n5)c(S(=O)(=O)O)c4)ccc3c2O)c(O)cc1/N=N/c1cc(S(=O)(=O)O)ccc1S(=O)(=O)O. The Bertz CT molecular complexity index is 3320. The summed E-state index contributed by atoms with van der Waals surface area (Å²) in [6.07, 6.45) is 0. The van der Waals surface area contributed by atoms with Crippen LogP contribution < -0.4 is 10.6 Å². The molecule has 0 saturated heterocycles. The minimum absolute atomic E-state index is 0.0126. The fourth-order valence-corrected chi connectivity index (χ4v) is 8.13. The lowest BCUT2D eigenvalue weighted by atomic mass is 10.1. The van der Waals surface area contributed by atoms with E-state index >= 15 is 0 Å². The molecule has 318 valence electrons. The summed E-state index contributed by atoms with van der Waals surface area (Å²) < 4.78 is 135. The highest BCUT2D eigenvalue weighted by Crippen LogP contribution is 2.44. The van der Waals surface area contributed by atoms with Crippen molar-refractivity contribution >= 4 is 120 Å². The van der Waals surface area contributed by atoms with Gasteiger partial charge in [0.1, 0.15) is 37.5 Å². The number of benzene rings is 5. The molecule has 0 aliphatic carbocycles. The summed E-state index contributed by atoms with van der Waals surface area (Å²) in [7, 11) is -19.8. The number of anilines is 4. The Morgan fingerprint density at radius 3 is 1.77 bits per heavy atom. The standard InChI is InChI=1S/C32H23Cl2N9O14S4/c1-14-8-22(24(44)13-21(14)40-42-23-12-18(58(46,47)48)4-7-25(23)59(49,50)51)41-43-28-27(61(55,56)57)10-15-9-16(2-5-19(15)29(28)45)35-17-3-6-20(26(11-17)60(52,53)54)36-32-38-30(33)37-31(34)39-32/h2-13,35,44-45H,1H3,(H,46,47,48)(H,49,50,51)(H,52,53,54)(H,55,56,57)(H,36,37,38,39)/b42-40+,43-41+. The molecular formula is C32H23Cl2N9O14S4. The predicted octanol–water partition coefficient (Wildman–Crippen LogP) is 7.36. The van der Waals surface area contributed by atoms with Crippen LogP contribution in [0.5, 0.6) is 11.5 Å². The zero-order valence-corrected chi connectivity index (χ0v) is 34.7. The van der Waals surface area contributed by atoms with Gasteiger partial charge in [0.15, 0.2) is 5.75 Å². The second kappa shape index (κ2) is 16.5. The number of hydrogen-bond donors (Lipinski definition) is 8. The van der Waals surface area contributed by atoms with Crippen LogP contribution in [0.4, 0.5) is 45.8 Å². The van der Waals surface area contributed by atoms with E-state index in [9.17, 15) is 62.1 Å². The number of aromatic hydroxyl groups is 2. The monoisotopic (exact) mass is 955 g/mol. The summed E-state index contributed by atoms with van der Waals surface area (Å²) in [5.41, 5.74) is -1.67. The molecular weight excluding hydrogens is 934 g/mol. The lowest BCUT2D eigenvalue weighted by molar-refractivity contribution is 0.471. The van der Waals surface area contributed by atoms with E-state index in [-0.39, 0.29) is 61.3 Å². The number of hydrogen-bond acceptors (Lipinski definition) is 19.